The molecule has 1 unspecified atom stereocenters. The fourth-order valence-corrected chi connectivity index (χ4v) is 8.62. The number of piperidine rings is 1. The minimum Gasteiger partial charge on any atom is -0.381 e. The second kappa shape index (κ2) is 11.8. The van der Waals surface area contributed by atoms with Crippen molar-refractivity contribution in [1.82, 2.24) is 24.9 Å². The van der Waals surface area contributed by atoms with Crippen molar-refractivity contribution in [1.29, 1.82) is 5.26 Å². The molecular weight excluding hydrogens is 598 g/mol. The van der Waals surface area contributed by atoms with Gasteiger partial charge in [-0.1, -0.05) is 30.3 Å². The summed E-state index contributed by atoms with van der Waals surface area (Å²) in [5.41, 5.74) is 2.10. The molecule has 1 N–H and O–H groups in total. The Labute approximate surface area is 274 Å². The van der Waals surface area contributed by atoms with Gasteiger partial charge >= 0.3 is 0 Å². The van der Waals surface area contributed by atoms with Gasteiger partial charge in [0, 0.05) is 56.2 Å². The number of amides is 4. The van der Waals surface area contributed by atoms with Crippen molar-refractivity contribution in [2.45, 2.75) is 87.9 Å². The fourth-order valence-electron chi connectivity index (χ4n) is 8.62. The number of nitrogens with zero attached hydrogens (tertiary/aromatic N) is 6. The van der Waals surface area contributed by atoms with E-state index in [2.05, 4.69) is 11.4 Å². The average molecular weight is 640 g/mol. The number of fused-ring (bicyclic) bond motifs is 2. The van der Waals surface area contributed by atoms with E-state index in [9.17, 15) is 24.4 Å². The number of benzene rings is 1. The summed E-state index contributed by atoms with van der Waals surface area (Å²) in [5.74, 6) is -0.236. The zero-order chi connectivity index (χ0) is 32.4. The number of anilines is 1. The van der Waals surface area contributed by atoms with Gasteiger partial charge in [0.15, 0.2) is 5.69 Å². The molecule has 5 heterocycles. The van der Waals surface area contributed by atoms with Crippen LogP contribution in [0.1, 0.15) is 91.4 Å². The van der Waals surface area contributed by atoms with Crippen LogP contribution in [0.3, 0.4) is 0 Å². The van der Waals surface area contributed by atoms with Crippen molar-refractivity contribution < 1.29 is 23.9 Å². The highest BCUT2D eigenvalue weighted by Crippen LogP contribution is 2.53. The quantitative estimate of drug-likeness (QED) is 0.468. The van der Waals surface area contributed by atoms with E-state index in [0.717, 1.165) is 30.4 Å². The van der Waals surface area contributed by atoms with Crippen LogP contribution in [0.4, 0.5) is 5.82 Å². The normalized spacial score (nSPS) is 30.3. The first kappa shape index (κ1) is 30.1. The molecule has 5 fully saturated rings. The van der Waals surface area contributed by atoms with Crippen LogP contribution >= 0.6 is 0 Å². The molecule has 3 saturated heterocycles. The van der Waals surface area contributed by atoms with E-state index in [1.807, 2.05) is 41.9 Å². The number of rotatable bonds is 8. The van der Waals surface area contributed by atoms with Crippen LogP contribution in [0, 0.1) is 23.2 Å². The van der Waals surface area contributed by atoms with Crippen LogP contribution in [0.15, 0.2) is 30.3 Å². The maximum atomic E-state index is 14.5. The zero-order valence-corrected chi connectivity index (χ0v) is 26.7. The number of nitrogens with one attached hydrogen (secondary N) is 1. The number of likely N-dealkylation sites (N-methyl/N-ethyl adjacent to an activating group) is 1. The van der Waals surface area contributed by atoms with Crippen molar-refractivity contribution >= 4 is 29.4 Å². The molecule has 8 rings (SSSR count). The summed E-state index contributed by atoms with van der Waals surface area (Å²) in [4.78, 5) is 60.5. The lowest BCUT2D eigenvalue weighted by Gasteiger charge is -2.39. The third-order valence-electron chi connectivity index (χ3n) is 11.2. The minimum absolute atomic E-state index is 0.0173. The van der Waals surface area contributed by atoms with Crippen LogP contribution in [-0.4, -0.2) is 94.2 Å². The molecule has 2 aliphatic carbocycles. The second-order valence-corrected chi connectivity index (χ2v) is 14.1. The van der Waals surface area contributed by atoms with Gasteiger partial charge in [-0.3, -0.25) is 24.1 Å². The monoisotopic (exact) mass is 639 g/mol. The van der Waals surface area contributed by atoms with E-state index >= 15 is 0 Å². The number of nitriles is 1. The van der Waals surface area contributed by atoms with Crippen LogP contribution in [0.2, 0.25) is 0 Å². The van der Waals surface area contributed by atoms with Crippen molar-refractivity contribution in [2.75, 3.05) is 37.7 Å². The average Bonchev–Trinajstić information content (AvgIpc) is 3.97. The Morgan fingerprint density at radius 1 is 1.06 bits per heavy atom. The van der Waals surface area contributed by atoms with Crippen LogP contribution in [-0.2, 0) is 19.1 Å². The number of carbonyl (C=O) groups is 4. The summed E-state index contributed by atoms with van der Waals surface area (Å²) in [6.07, 6.45) is 5.11. The van der Waals surface area contributed by atoms with E-state index < -0.39 is 18.0 Å². The first-order chi connectivity index (χ1) is 22.9. The molecule has 0 radical (unpaired) electrons. The molecule has 2 saturated carbocycles. The molecule has 1 aromatic carbocycles. The standard InChI is InChI=1S/C35H41N7O5/c1-2-40-33-30(32(38-42(33)24-10-12-47-13-11-24)35(46)41-25(17-36)14-22-15-26(22)41)29(21-8-9-21)31(34(40)45)37-27(43)19-39-18-23(16-28(39)44)20-6-4-3-5-7-20/h3-7,21-26,29,31H,2,8-16,18-19H2,1H3,(H,37,43)/t22-,23?,25-,26+,29-,31-/m0/s1. The smallest absolute Gasteiger partial charge is 0.276 e. The third-order valence-corrected chi connectivity index (χ3v) is 11.2. The number of ether oxygens (including phenoxy) is 1. The van der Waals surface area contributed by atoms with Crippen molar-refractivity contribution in [3.8, 4) is 6.07 Å². The molecule has 4 aliphatic heterocycles. The fraction of sp³-hybridized carbons (Fsp3) is 0.600. The number of carbonyl (C=O) groups excluding carboxylic acids is 4. The molecule has 4 amide bonds. The summed E-state index contributed by atoms with van der Waals surface area (Å²) in [6, 6.07) is 10.8. The first-order valence-electron chi connectivity index (χ1n) is 17.2. The summed E-state index contributed by atoms with van der Waals surface area (Å²) in [6.45, 7) is 3.70. The van der Waals surface area contributed by atoms with E-state index in [1.165, 1.54) is 0 Å². The van der Waals surface area contributed by atoms with E-state index in [-0.39, 0.29) is 54.1 Å². The van der Waals surface area contributed by atoms with Gasteiger partial charge in [-0.05, 0) is 62.8 Å². The molecule has 12 heteroatoms. The van der Waals surface area contributed by atoms with E-state index in [1.54, 1.807) is 14.7 Å². The molecule has 0 spiro atoms. The Morgan fingerprint density at radius 2 is 1.83 bits per heavy atom. The predicted molar refractivity (Wildman–Crippen MR) is 169 cm³/mol. The maximum Gasteiger partial charge on any atom is 0.276 e. The Bertz CT molecular complexity index is 1640. The van der Waals surface area contributed by atoms with Gasteiger partial charge in [0.25, 0.3) is 11.8 Å². The molecule has 6 atom stereocenters. The Morgan fingerprint density at radius 3 is 2.53 bits per heavy atom. The van der Waals surface area contributed by atoms with Gasteiger partial charge in [-0.15, -0.1) is 0 Å². The summed E-state index contributed by atoms with van der Waals surface area (Å²) < 4.78 is 7.52. The van der Waals surface area contributed by atoms with Crippen LogP contribution < -0.4 is 10.2 Å². The molecule has 246 valence electrons. The second-order valence-electron chi connectivity index (χ2n) is 14.1. The van der Waals surface area contributed by atoms with Crippen molar-refractivity contribution in [3.05, 3.63) is 47.2 Å². The number of aromatic nitrogens is 2. The number of hydrogen-bond acceptors (Lipinski definition) is 7. The summed E-state index contributed by atoms with van der Waals surface area (Å²) >= 11 is 0. The van der Waals surface area contributed by atoms with Gasteiger partial charge in [-0.2, -0.15) is 10.4 Å². The maximum absolute atomic E-state index is 14.5. The lowest BCUT2D eigenvalue weighted by Crippen LogP contribution is -2.57. The highest BCUT2D eigenvalue weighted by Gasteiger charge is 2.57. The number of hydrogen-bond donors (Lipinski definition) is 1. The summed E-state index contributed by atoms with van der Waals surface area (Å²) in [5, 5.41) is 18.0. The van der Waals surface area contributed by atoms with Crippen LogP contribution in [0.5, 0.6) is 0 Å². The Hall–Kier alpha value is -4.24. The lowest BCUT2D eigenvalue weighted by molar-refractivity contribution is -0.134. The molecule has 0 bridgehead atoms. The molecule has 12 nitrogen and oxygen atoms in total. The zero-order valence-electron chi connectivity index (χ0n) is 26.7. The van der Waals surface area contributed by atoms with Gasteiger partial charge in [0.2, 0.25) is 11.8 Å². The van der Waals surface area contributed by atoms with Crippen molar-refractivity contribution in [3.63, 3.8) is 0 Å². The van der Waals surface area contributed by atoms with E-state index in [4.69, 9.17) is 9.84 Å². The molecular formula is C35H41N7O5. The SMILES string of the molecule is CCN1C(=O)[C@@H](NC(=O)CN2CC(c3ccccc3)CC2=O)[C@@H](C2CC2)c2c(C(=O)N3[C@H](C#N)C[C@H]4C[C@H]43)nn(C3CCOCC3)c21. The minimum atomic E-state index is -0.886. The predicted octanol–water partition coefficient (Wildman–Crippen LogP) is 2.72. The van der Waals surface area contributed by atoms with Gasteiger partial charge in [0.1, 0.15) is 17.9 Å². The highest BCUT2D eigenvalue weighted by atomic mass is 16.5. The van der Waals surface area contributed by atoms with Crippen molar-refractivity contribution in [2.24, 2.45) is 11.8 Å². The van der Waals surface area contributed by atoms with Crippen LogP contribution in [0.25, 0.3) is 0 Å². The molecule has 47 heavy (non-hydrogen) atoms. The number of likely N-dealkylation sites (tertiary alicyclic amines) is 2. The topological polar surface area (TPSA) is 141 Å². The molecule has 1 aromatic heterocycles. The Kier molecular flexibility index (Phi) is 7.54. The van der Waals surface area contributed by atoms with E-state index in [0.29, 0.717) is 69.4 Å². The first-order valence-corrected chi connectivity index (χ1v) is 17.2. The summed E-state index contributed by atoms with van der Waals surface area (Å²) in [7, 11) is 0. The van der Waals surface area contributed by atoms with Gasteiger partial charge in [0.05, 0.1) is 18.7 Å². The molecule has 2 aromatic rings. The largest absolute Gasteiger partial charge is 0.381 e. The Balaban J connectivity index is 1.13. The van der Waals surface area contributed by atoms with Gasteiger partial charge in [-0.25, -0.2) is 4.68 Å². The van der Waals surface area contributed by atoms with Gasteiger partial charge < -0.3 is 19.9 Å². The molecule has 6 aliphatic rings. The highest BCUT2D eigenvalue weighted by molar-refractivity contribution is 6.06. The lowest BCUT2D eigenvalue weighted by atomic mass is 9.82. The third kappa shape index (κ3) is 5.19.